The number of thiazole rings is 1. The zero-order chi connectivity index (χ0) is 12.5. The van der Waals surface area contributed by atoms with Crippen molar-refractivity contribution in [1.82, 2.24) is 9.97 Å². The molecule has 1 aromatic carbocycles. The largest absolute Gasteiger partial charge is 0.497 e. The number of methoxy groups -OCH3 is 1. The van der Waals surface area contributed by atoms with Crippen LogP contribution < -0.4 is 4.74 Å². The van der Waals surface area contributed by atoms with Gasteiger partial charge in [0, 0.05) is 17.8 Å². The van der Waals surface area contributed by atoms with Gasteiger partial charge in [-0.2, -0.15) is 4.39 Å². The normalized spacial score (nSPS) is 10.8. The molecule has 0 spiro atoms. The smallest absolute Gasteiger partial charge is 0.213 e. The van der Waals surface area contributed by atoms with Crippen molar-refractivity contribution in [1.29, 1.82) is 0 Å². The summed E-state index contributed by atoms with van der Waals surface area (Å²) in [4.78, 5) is 8.00. The molecule has 3 aromatic rings. The molecule has 0 fully saturated rings. The zero-order valence-electron chi connectivity index (χ0n) is 9.55. The first-order valence-electron chi connectivity index (χ1n) is 5.33. The molecule has 0 bridgehead atoms. The van der Waals surface area contributed by atoms with Crippen molar-refractivity contribution < 1.29 is 9.13 Å². The molecule has 0 unspecified atom stereocenters. The minimum absolute atomic E-state index is 0.496. The number of fused-ring (bicyclic) bond motifs is 1. The van der Waals surface area contributed by atoms with E-state index in [2.05, 4.69) is 9.97 Å². The summed E-state index contributed by atoms with van der Waals surface area (Å²) in [6, 6.07) is 8.81. The number of nitrogens with zero attached hydrogens (tertiary/aromatic N) is 2. The molecule has 3 rings (SSSR count). The van der Waals surface area contributed by atoms with Gasteiger partial charge in [-0.15, -0.1) is 11.3 Å². The Kier molecular flexibility index (Phi) is 2.68. The fourth-order valence-electron chi connectivity index (χ4n) is 1.69. The van der Waals surface area contributed by atoms with Gasteiger partial charge in [0.1, 0.15) is 10.8 Å². The van der Waals surface area contributed by atoms with E-state index < -0.39 is 5.95 Å². The van der Waals surface area contributed by atoms with Crippen molar-refractivity contribution in [2.75, 3.05) is 7.11 Å². The molecule has 90 valence electrons. The summed E-state index contributed by atoms with van der Waals surface area (Å²) >= 11 is 1.50. The first kappa shape index (κ1) is 11.1. The van der Waals surface area contributed by atoms with Gasteiger partial charge in [-0.1, -0.05) is 0 Å². The lowest BCUT2D eigenvalue weighted by Crippen LogP contribution is -1.82. The molecule has 0 amide bonds. The van der Waals surface area contributed by atoms with Crippen LogP contribution in [0.4, 0.5) is 4.39 Å². The Morgan fingerprint density at radius 1 is 1.22 bits per heavy atom. The lowest BCUT2D eigenvalue weighted by molar-refractivity contribution is 0.415. The van der Waals surface area contributed by atoms with Crippen LogP contribution in [-0.2, 0) is 0 Å². The Morgan fingerprint density at radius 2 is 2.11 bits per heavy atom. The molecule has 0 aliphatic carbocycles. The molecular formula is C13H9FN2OS. The van der Waals surface area contributed by atoms with Crippen LogP contribution in [0.25, 0.3) is 20.8 Å². The second kappa shape index (κ2) is 4.34. The number of hydrogen-bond donors (Lipinski definition) is 0. The van der Waals surface area contributed by atoms with Crippen LogP contribution >= 0.6 is 11.3 Å². The Balaban J connectivity index is 2.13. The predicted molar refractivity (Wildman–Crippen MR) is 69.4 cm³/mol. The van der Waals surface area contributed by atoms with Crippen molar-refractivity contribution in [2.45, 2.75) is 0 Å². The molecule has 2 heterocycles. The van der Waals surface area contributed by atoms with Crippen molar-refractivity contribution in [3.8, 4) is 16.3 Å². The van der Waals surface area contributed by atoms with E-state index in [0.29, 0.717) is 0 Å². The third-order valence-electron chi connectivity index (χ3n) is 2.57. The second-order valence-corrected chi connectivity index (χ2v) is 4.75. The average Bonchev–Trinajstić information content (AvgIpc) is 2.81. The summed E-state index contributed by atoms with van der Waals surface area (Å²) in [5.74, 6) is 0.294. The minimum Gasteiger partial charge on any atom is -0.497 e. The minimum atomic E-state index is -0.496. The van der Waals surface area contributed by atoms with Gasteiger partial charge in [0.05, 0.1) is 17.3 Å². The highest BCUT2D eigenvalue weighted by atomic mass is 32.1. The van der Waals surface area contributed by atoms with Crippen LogP contribution in [0.2, 0.25) is 0 Å². The maximum atomic E-state index is 13.1. The molecule has 18 heavy (non-hydrogen) atoms. The van der Waals surface area contributed by atoms with Crippen LogP contribution in [0, 0.1) is 5.95 Å². The SMILES string of the molecule is COc1ccc2nc(-c3ccnc(F)c3)sc2c1. The van der Waals surface area contributed by atoms with E-state index in [1.54, 1.807) is 13.2 Å². The van der Waals surface area contributed by atoms with Crippen molar-refractivity contribution in [3.63, 3.8) is 0 Å². The number of halogens is 1. The van der Waals surface area contributed by atoms with E-state index in [4.69, 9.17) is 4.74 Å². The van der Waals surface area contributed by atoms with Crippen LogP contribution in [0.3, 0.4) is 0 Å². The average molecular weight is 260 g/mol. The quantitative estimate of drug-likeness (QED) is 0.661. The highest BCUT2D eigenvalue weighted by Gasteiger charge is 2.08. The fraction of sp³-hybridized carbons (Fsp3) is 0.0769. The standard InChI is InChI=1S/C13H9FN2OS/c1-17-9-2-3-10-11(7-9)18-13(16-10)8-4-5-15-12(14)6-8/h2-7H,1H3. The first-order chi connectivity index (χ1) is 8.76. The summed E-state index contributed by atoms with van der Waals surface area (Å²) in [5.41, 5.74) is 1.62. The van der Waals surface area contributed by atoms with E-state index in [1.807, 2.05) is 18.2 Å². The fourth-order valence-corrected chi connectivity index (χ4v) is 2.68. The number of pyridine rings is 1. The van der Waals surface area contributed by atoms with Crippen LogP contribution in [0.15, 0.2) is 36.5 Å². The van der Waals surface area contributed by atoms with Gasteiger partial charge in [0.15, 0.2) is 0 Å². The van der Waals surface area contributed by atoms with E-state index in [1.165, 1.54) is 23.6 Å². The van der Waals surface area contributed by atoms with Crippen LogP contribution in [0.1, 0.15) is 0 Å². The van der Waals surface area contributed by atoms with E-state index in [-0.39, 0.29) is 0 Å². The maximum Gasteiger partial charge on any atom is 0.213 e. The second-order valence-electron chi connectivity index (χ2n) is 3.72. The summed E-state index contributed by atoms with van der Waals surface area (Å²) in [6.45, 7) is 0. The maximum absolute atomic E-state index is 13.1. The van der Waals surface area contributed by atoms with Gasteiger partial charge < -0.3 is 4.74 Å². The number of benzene rings is 1. The Labute approximate surface area is 107 Å². The predicted octanol–water partition coefficient (Wildman–Crippen LogP) is 3.51. The number of rotatable bonds is 2. The van der Waals surface area contributed by atoms with Gasteiger partial charge in [-0.05, 0) is 24.3 Å². The highest BCUT2D eigenvalue weighted by Crippen LogP contribution is 2.32. The van der Waals surface area contributed by atoms with Gasteiger partial charge in [-0.3, -0.25) is 0 Å². The lowest BCUT2D eigenvalue weighted by Gasteiger charge is -1.96. The van der Waals surface area contributed by atoms with E-state index >= 15 is 0 Å². The third kappa shape index (κ3) is 1.93. The monoisotopic (exact) mass is 260 g/mol. The first-order valence-corrected chi connectivity index (χ1v) is 6.14. The highest BCUT2D eigenvalue weighted by molar-refractivity contribution is 7.21. The van der Waals surface area contributed by atoms with Crippen LogP contribution in [-0.4, -0.2) is 17.1 Å². The molecule has 0 saturated heterocycles. The Hall–Kier alpha value is -2.01. The molecule has 0 N–H and O–H groups in total. The van der Waals surface area contributed by atoms with Crippen LogP contribution in [0.5, 0.6) is 5.75 Å². The molecule has 0 radical (unpaired) electrons. The van der Waals surface area contributed by atoms with Gasteiger partial charge in [-0.25, -0.2) is 9.97 Å². The van der Waals surface area contributed by atoms with Crippen molar-refractivity contribution >= 4 is 21.6 Å². The van der Waals surface area contributed by atoms with Gasteiger partial charge in [0.25, 0.3) is 0 Å². The molecular weight excluding hydrogens is 251 g/mol. The Morgan fingerprint density at radius 3 is 2.89 bits per heavy atom. The topological polar surface area (TPSA) is 35.0 Å². The summed E-state index contributed by atoms with van der Waals surface area (Å²) in [7, 11) is 1.63. The van der Waals surface area contributed by atoms with Gasteiger partial charge in [0.2, 0.25) is 5.95 Å². The summed E-state index contributed by atoms with van der Waals surface area (Å²) in [5, 5.41) is 0.777. The van der Waals surface area contributed by atoms with E-state index in [9.17, 15) is 4.39 Å². The number of ether oxygens (including phenoxy) is 1. The molecule has 0 atom stereocenters. The summed E-state index contributed by atoms with van der Waals surface area (Å²) in [6.07, 6.45) is 1.44. The van der Waals surface area contributed by atoms with E-state index in [0.717, 1.165) is 26.5 Å². The third-order valence-corrected chi connectivity index (χ3v) is 3.64. The molecule has 0 aliphatic heterocycles. The summed E-state index contributed by atoms with van der Waals surface area (Å²) < 4.78 is 19.3. The number of aromatic nitrogens is 2. The molecule has 0 saturated carbocycles. The van der Waals surface area contributed by atoms with Crippen molar-refractivity contribution in [3.05, 3.63) is 42.5 Å². The molecule has 0 aliphatic rings. The zero-order valence-corrected chi connectivity index (χ0v) is 10.4. The van der Waals surface area contributed by atoms with Crippen molar-refractivity contribution in [2.24, 2.45) is 0 Å². The number of hydrogen-bond acceptors (Lipinski definition) is 4. The molecule has 5 heteroatoms. The lowest BCUT2D eigenvalue weighted by atomic mass is 10.3. The molecule has 3 nitrogen and oxygen atoms in total. The Bertz CT molecular complexity index is 711. The van der Waals surface area contributed by atoms with Gasteiger partial charge >= 0.3 is 0 Å². The molecule has 2 aromatic heterocycles.